The van der Waals surface area contributed by atoms with Crippen LogP contribution in [0.4, 0.5) is 17.1 Å². The summed E-state index contributed by atoms with van der Waals surface area (Å²) in [6, 6.07) is 62.2. The number of benzene rings is 8. The van der Waals surface area contributed by atoms with Crippen LogP contribution in [0.1, 0.15) is 43.6 Å². The van der Waals surface area contributed by atoms with Crippen LogP contribution in [0.3, 0.4) is 0 Å². The van der Waals surface area contributed by atoms with E-state index in [-0.39, 0.29) is 0 Å². The molecule has 264 valence electrons. The van der Waals surface area contributed by atoms with E-state index in [0.29, 0.717) is 5.92 Å². The maximum atomic E-state index is 7.06. The molecule has 0 atom stereocenters. The molecule has 0 aliphatic heterocycles. The standard InChI is InChI=1S/C52H39NOS/c1-2-12-35(13-3-1)42-19-9-21-45-46-22-11-24-48(51(46)54-50(42)45)53(38-30-26-36(27-31-38)41-18-8-15-34-14-4-5-16-40(34)41)39-32-28-37(29-33-39)43-20-10-23-47-44-17-6-7-25-49(44)55-52(43)47/h4-11,14-33,35H,1-3,12-13H2. The van der Waals surface area contributed by atoms with Crippen molar-refractivity contribution in [2.24, 2.45) is 0 Å². The highest BCUT2D eigenvalue weighted by molar-refractivity contribution is 7.26. The summed E-state index contributed by atoms with van der Waals surface area (Å²) in [5, 5.41) is 7.53. The molecule has 8 aromatic carbocycles. The van der Waals surface area contributed by atoms with E-state index in [9.17, 15) is 0 Å². The number of fused-ring (bicyclic) bond motifs is 7. The van der Waals surface area contributed by atoms with Gasteiger partial charge in [0.2, 0.25) is 0 Å². The average molecular weight is 726 g/mol. The summed E-state index contributed by atoms with van der Waals surface area (Å²) in [7, 11) is 0. The van der Waals surface area contributed by atoms with Crippen LogP contribution in [0, 0.1) is 0 Å². The van der Waals surface area contributed by atoms with Gasteiger partial charge in [0.25, 0.3) is 0 Å². The molecule has 0 bridgehead atoms. The lowest BCUT2D eigenvalue weighted by Gasteiger charge is -2.26. The number of hydrogen-bond donors (Lipinski definition) is 0. The van der Waals surface area contributed by atoms with Crippen molar-refractivity contribution < 1.29 is 4.42 Å². The summed E-state index contributed by atoms with van der Waals surface area (Å²) < 4.78 is 9.72. The Hall–Kier alpha value is -6.16. The number of nitrogens with zero attached hydrogens (tertiary/aromatic N) is 1. The van der Waals surface area contributed by atoms with Gasteiger partial charge < -0.3 is 9.32 Å². The van der Waals surface area contributed by atoms with E-state index in [0.717, 1.165) is 33.6 Å². The van der Waals surface area contributed by atoms with E-state index in [4.69, 9.17) is 4.42 Å². The van der Waals surface area contributed by atoms with Crippen molar-refractivity contribution in [1.82, 2.24) is 0 Å². The van der Waals surface area contributed by atoms with E-state index in [1.807, 2.05) is 11.3 Å². The summed E-state index contributed by atoms with van der Waals surface area (Å²) >= 11 is 1.88. The van der Waals surface area contributed by atoms with Gasteiger partial charge in [-0.1, -0.05) is 153 Å². The molecule has 0 radical (unpaired) electrons. The van der Waals surface area contributed by atoms with Gasteiger partial charge in [0, 0.05) is 42.3 Å². The Balaban J connectivity index is 1.07. The van der Waals surface area contributed by atoms with Crippen LogP contribution >= 0.6 is 11.3 Å². The van der Waals surface area contributed by atoms with E-state index in [1.165, 1.54) is 96.3 Å². The fourth-order valence-corrected chi connectivity index (χ4v) is 10.4. The summed E-state index contributed by atoms with van der Waals surface area (Å²) in [5.74, 6) is 0.553. The number of anilines is 3. The van der Waals surface area contributed by atoms with Crippen LogP contribution in [0.25, 0.3) is 75.1 Å². The Morgan fingerprint density at radius 1 is 0.455 bits per heavy atom. The van der Waals surface area contributed by atoms with Crippen LogP contribution in [-0.4, -0.2) is 0 Å². The van der Waals surface area contributed by atoms with Gasteiger partial charge in [0.05, 0.1) is 5.69 Å². The maximum absolute atomic E-state index is 7.06. The van der Waals surface area contributed by atoms with Crippen molar-refractivity contribution in [3.63, 3.8) is 0 Å². The normalized spacial score (nSPS) is 13.7. The van der Waals surface area contributed by atoms with Crippen LogP contribution in [-0.2, 0) is 0 Å². The number of furan rings is 1. The molecule has 11 rings (SSSR count). The minimum atomic E-state index is 0.553. The molecule has 1 fully saturated rings. The zero-order valence-electron chi connectivity index (χ0n) is 30.5. The second-order valence-electron chi connectivity index (χ2n) is 15.1. The van der Waals surface area contributed by atoms with Gasteiger partial charge in [-0.3, -0.25) is 0 Å². The predicted octanol–water partition coefficient (Wildman–Crippen LogP) is 16.0. The quantitative estimate of drug-likeness (QED) is 0.170. The zero-order valence-corrected chi connectivity index (χ0v) is 31.4. The topological polar surface area (TPSA) is 16.4 Å². The second kappa shape index (κ2) is 13.3. The Morgan fingerprint density at radius 2 is 1.04 bits per heavy atom. The Kier molecular flexibility index (Phi) is 7.81. The number of para-hydroxylation sites is 2. The van der Waals surface area contributed by atoms with Gasteiger partial charge in [-0.25, -0.2) is 0 Å². The summed E-state index contributed by atoms with van der Waals surface area (Å²) in [4.78, 5) is 2.38. The summed E-state index contributed by atoms with van der Waals surface area (Å²) in [6.07, 6.45) is 6.40. The van der Waals surface area contributed by atoms with Gasteiger partial charge >= 0.3 is 0 Å². The third-order valence-electron chi connectivity index (χ3n) is 11.9. The van der Waals surface area contributed by atoms with E-state index in [1.54, 1.807) is 0 Å². The second-order valence-corrected chi connectivity index (χ2v) is 16.1. The first-order chi connectivity index (χ1) is 27.3. The molecule has 2 aromatic heterocycles. The van der Waals surface area contributed by atoms with Crippen molar-refractivity contribution in [3.05, 3.63) is 175 Å². The number of rotatable bonds is 6. The van der Waals surface area contributed by atoms with Crippen molar-refractivity contribution in [2.45, 2.75) is 38.0 Å². The van der Waals surface area contributed by atoms with Gasteiger partial charge in [0.1, 0.15) is 5.58 Å². The third kappa shape index (κ3) is 5.45. The highest BCUT2D eigenvalue weighted by Crippen LogP contribution is 2.46. The Labute approximate surface area is 324 Å². The fraction of sp³-hybridized carbons (Fsp3) is 0.115. The van der Waals surface area contributed by atoms with Gasteiger partial charge in [0.15, 0.2) is 5.58 Å². The van der Waals surface area contributed by atoms with Gasteiger partial charge in [-0.05, 0) is 93.7 Å². The molecule has 0 amide bonds. The molecular formula is C52H39NOS. The molecule has 1 aliphatic carbocycles. The lowest BCUT2D eigenvalue weighted by Crippen LogP contribution is -2.10. The molecule has 1 saturated carbocycles. The summed E-state index contributed by atoms with van der Waals surface area (Å²) in [6.45, 7) is 0. The minimum absolute atomic E-state index is 0.553. The van der Waals surface area contributed by atoms with Crippen molar-refractivity contribution in [1.29, 1.82) is 0 Å². The molecule has 0 N–H and O–H groups in total. The molecule has 0 unspecified atom stereocenters. The van der Waals surface area contributed by atoms with Crippen LogP contribution in [0.2, 0.25) is 0 Å². The maximum Gasteiger partial charge on any atom is 0.159 e. The monoisotopic (exact) mass is 725 g/mol. The minimum Gasteiger partial charge on any atom is -0.454 e. The molecule has 2 heterocycles. The Morgan fingerprint density at radius 3 is 1.84 bits per heavy atom. The molecule has 0 spiro atoms. The van der Waals surface area contributed by atoms with E-state index < -0.39 is 0 Å². The lowest BCUT2D eigenvalue weighted by molar-refractivity contribution is 0.442. The fourth-order valence-electron chi connectivity index (χ4n) is 9.20. The molecule has 10 aromatic rings. The largest absolute Gasteiger partial charge is 0.454 e. The first-order valence-corrected chi connectivity index (χ1v) is 20.4. The SMILES string of the molecule is c1ccc2c(-c3ccc(N(c4ccc(-c5cccc6c5sc5ccccc56)cc4)c4cccc5c4oc4c(C6CCCCC6)cccc45)cc3)cccc2c1. The third-order valence-corrected chi connectivity index (χ3v) is 13.1. The van der Waals surface area contributed by atoms with Crippen LogP contribution in [0.15, 0.2) is 174 Å². The molecule has 3 heteroatoms. The smallest absolute Gasteiger partial charge is 0.159 e. The van der Waals surface area contributed by atoms with E-state index >= 15 is 0 Å². The van der Waals surface area contributed by atoms with Crippen molar-refractivity contribution in [2.75, 3.05) is 4.90 Å². The zero-order chi connectivity index (χ0) is 36.3. The highest BCUT2D eigenvalue weighted by Gasteiger charge is 2.24. The first kappa shape index (κ1) is 32.3. The number of thiophene rings is 1. The van der Waals surface area contributed by atoms with Crippen LogP contribution < -0.4 is 4.90 Å². The van der Waals surface area contributed by atoms with E-state index in [2.05, 4.69) is 175 Å². The van der Waals surface area contributed by atoms with Gasteiger partial charge in [-0.2, -0.15) is 0 Å². The van der Waals surface area contributed by atoms with Crippen LogP contribution in [0.5, 0.6) is 0 Å². The highest BCUT2D eigenvalue weighted by atomic mass is 32.1. The molecule has 1 aliphatic rings. The molecule has 2 nitrogen and oxygen atoms in total. The lowest BCUT2D eigenvalue weighted by atomic mass is 9.83. The predicted molar refractivity (Wildman–Crippen MR) is 235 cm³/mol. The van der Waals surface area contributed by atoms with Crippen molar-refractivity contribution >= 4 is 81.3 Å². The average Bonchev–Trinajstić information content (AvgIpc) is 3.84. The first-order valence-electron chi connectivity index (χ1n) is 19.6. The van der Waals surface area contributed by atoms with Crippen molar-refractivity contribution in [3.8, 4) is 22.3 Å². The number of hydrogen-bond acceptors (Lipinski definition) is 3. The summed E-state index contributed by atoms with van der Waals surface area (Å²) in [5.41, 5.74) is 11.5. The molecule has 55 heavy (non-hydrogen) atoms. The Bertz CT molecular complexity index is 3010. The molecular weight excluding hydrogens is 687 g/mol. The molecule has 0 saturated heterocycles. The van der Waals surface area contributed by atoms with Gasteiger partial charge in [-0.15, -0.1) is 11.3 Å².